The molecule has 0 atom stereocenters. The molecule has 6 heteroatoms. The van der Waals surface area contributed by atoms with Gasteiger partial charge in [0.1, 0.15) is 28.7 Å². The van der Waals surface area contributed by atoms with Crippen LogP contribution in [-0.2, 0) is 0 Å². The van der Waals surface area contributed by atoms with Crippen molar-refractivity contribution in [2.24, 2.45) is 0 Å². The average molecular weight is 396 g/mol. The van der Waals surface area contributed by atoms with Crippen LogP contribution in [0, 0.1) is 11.6 Å². The molecule has 2 aromatic heterocycles. The SMILES string of the molecule is Fc1ccc(-c2nnc(-c3ccc4ccccc4n3)nc2-c2ccc(F)cc2)cc1. The lowest BCUT2D eigenvalue weighted by atomic mass is 10.0. The molecule has 0 N–H and O–H groups in total. The van der Waals surface area contributed by atoms with E-state index in [0.29, 0.717) is 34.0 Å². The van der Waals surface area contributed by atoms with Crippen LogP contribution in [0.4, 0.5) is 8.78 Å². The summed E-state index contributed by atoms with van der Waals surface area (Å²) in [5, 5.41) is 9.64. The van der Waals surface area contributed by atoms with Crippen LogP contribution in [0.15, 0.2) is 84.9 Å². The summed E-state index contributed by atoms with van der Waals surface area (Å²) in [6, 6.07) is 23.5. The van der Waals surface area contributed by atoms with Crippen molar-refractivity contribution >= 4 is 10.9 Å². The predicted molar refractivity (Wildman–Crippen MR) is 111 cm³/mol. The number of pyridine rings is 1. The number of para-hydroxylation sites is 1. The van der Waals surface area contributed by atoms with Gasteiger partial charge in [-0.3, -0.25) is 0 Å². The number of hydrogen-bond acceptors (Lipinski definition) is 4. The van der Waals surface area contributed by atoms with E-state index in [1.165, 1.54) is 24.3 Å². The van der Waals surface area contributed by atoms with Gasteiger partial charge in [-0.1, -0.05) is 24.3 Å². The largest absolute Gasteiger partial charge is 0.244 e. The van der Waals surface area contributed by atoms with Crippen molar-refractivity contribution in [2.75, 3.05) is 0 Å². The van der Waals surface area contributed by atoms with Crippen LogP contribution in [0.3, 0.4) is 0 Å². The molecule has 30 heavy (non-hydrogen) atoms. The van der Waals surface area contributed by atoms with Crippen molar-refractivity contribution in [1.29, 1.82) is 0 Å². The van der Waals surface area contributed by atoms with Gasteiger partial charge < -0.3 is 0 Å². The van der Waals surface area contributed by atoms with E-state index in [0.717, 1.165) is 10.9 Å². The van der Waals surface area contributed by atoms with E-state index < -0.39 is 0 Å². The Morgan fingerprint density at radius 1 is 0.533 bits per heavy atom. The smallest absolute Gasteiger partial charge is 0.201 e. The summed E-state index contributed by atoms with van der Waals surface area (Å²) < 4.78 is 26.8. The predicted octanol–water partition coefficient (Wildman–Crippen LogP) is 5.70. The summed E-state index contributed by atoms with van der Waals surface area (Å²) in [5.74, 6) is -0.341. The average Bonchev–Trinajstić information content (AvgIpc) is 2.79. The fourth-order valence-corrected chi connectivity index (χ4v) is 3.24. The quantitative estimate of drug-likeness (QED) is 0.393. The normalized spacial score (nSPS) is 11.0. The number of halogens is 2. The molecule has 0 aliphatic heterocycles. The Hall–Kier alpha value is -4.06. The van der Waals surface area contributed by atoms with Crippen LogP contribution in [0.25, 0.3) is 44.9 Å². The van der Waals surface area contributed by atoms with Crippen molar-refractivity contribution in [3.63, 3.8) is 0 Å². The molecule has 0 aliphatic rings. The number of rotatable bonds is 3. The number of aromatic nitrogens is 4. The van der Waals surface area contributed by atoms with Gasteiger partial charge in [-0.15, -0.1) is 10.2 Å². The first-order valence-corrected chi connectivity index (χ1v) is 9.30. The molecule has 144 valence electrons. The van der Waals surface area contributed by atoms with Crippen molar-refractivity contribution in [3.8, 4) is 34.0 Å². The molecule has 0 bridgehead atoms. The maximum atomic E-state index is 13.5. The van der Waals surface area contributed by atoms with Crippen LogP contribution in [0.5, 0.6) is 0 Å². The van der Waals surface area contributed by atoms with Crippen LogP contribution in [0.1, 0.15) is 0 Å². The number of nitrogens with zero attached hydrogens (tertiary/aromatic N) is 4. The van der Waals surface area contributed by atoms with Gasteiger partial charge in [-0.25, -0.2) is 18.7 Å². The zero-order valence-corrected chi connectivity index (χ0v) is 15.6. The molecule has 0 spiro atoms. The third-order valence-corrected chi connectivity index (χ3v) is 4.75. The topological polar surface area (TPSA) is 51.6 Å². The summed E-state index contributed by atoms with van der Waals surface area (Å²) >= 11 is 0. The second-order valence-electron chi connectivity index (χ2n) is 6.74. The minimum atomic E-state index is -0.347. The summed E-state index contributed by atoms with van der Waals surface area (Å²) in [5.41, 5.74) is 3.73. The Bertz CT molecular complexity index is 1350. The maximum absolute atomic E-state index is 13.5. The third kappa shape index (κ3) is 3.39. The molecule has 0 aliphatic carbocycles. The van der Waals surface area contributed by atoms with Crippen LogP contribution in [-0.4, -0.2) is 20.2 Å². The second-order valence-corrected chi connectivity index (χ2v) is 6.74. The summed E-state index contributed by atoms with van der Waals surface area (Å²) in [6.45, 7) is 0. The zero-order chi connectivity index (χ0) is 20.5. The second kappa shape index (κ2) is 7.40. The summed E-state index contributed by atoms with van der Waals surface area (Å²) in [6.07, 6.45) is 0. The van der Waals surface area contributed by atoms with Gasteiger partial charge in [0.15, 0.2) is 0 Å². The molecule has 5 aromatic rings. The molecule has 0 radical (unpaired) electrons. The zero-order valence-electron chi connectivity index (χ0n) is 15.6. The highest BCUT2D eigenvalue weighted by atomic mass is 19.1. The van der Waals surface area contributed by atoms with Gasteiger partial charge in [-0.05, 0) is 60.7 Å². The summed E-state index contributed by atoms with van der Waals surface area (Å²) in [7, 11) is 0. The molecule has 3 aromatic carbocycles. The van der Waals surface area contributed by atoms with Crippen LogP contribution in [0.2, 0.25) is 0 Å². The fourth-order valence-electron chi connectivity index (χ4n) is 3.24. The first-order valence-electron chi connectivity index (χ1n) is 9.30. The molecule has 0 unspecified atom stereocenters. The molecule has 0 fully saturated rings. The molecule has 4 nitrogen and oxygen atoms in total. The first kappa shape index (κ1) is 18.0. The standard InChI is InChI=1S/C24H14F2N4/c25-18-10-5-16(6-11-18)22-23(17-7-12-19(26)13-8-17)29-30-24(28-22)21-14-9-15-3-1-2-4-20(15)27-21/h1-14H. The lowest BCUT2D eigenvalue weighted by molar-refractivity contribution is 0.627. The van der Waals surface area contributed by atoms with Gasteiger partial charge in [0.25, 0.3) is 0 Å². The van der Waals surface area contributed by atoms with E-state index in [1.54, 1.807) is 24.3 Å². The maximum Gasteiger partial charge on any atom is 0.201 e. The molecule has 0 saturated heterocycles. The van der Waals surface area contributed by atoms with Crippen molar-refractivity contribution in [1.82, 2.24) is 20.2 Å². The van der Waals surface area contributed by atoms with E-state index in [4.69, 9.17) is 4.98 Å². The fraction of sp³-hybridized carbons (Fsp3) is 0. The van der Waals surface area contributed by atoms with Crippen molar-refractivity contribution < 1.29 is 8.78 Å². The Morgan fingerprint density at radius 3 is 1.87 bits per heavy atom. The third-order valence-electron chi connectivity index (χ3n) is 4.75. The Balaban J connectivity index is 1.69. The monoisotopic (exact) mass is 396 g/mol. The molecular weight excluding hydrogens is 382 g/mol. The molecular formula is C24H14F2N4. The Labute approximate surface area is 170 Å². The minimum absolute atomic E-state index is 0.347. The molecule has 5 rings (SSSR count). The Morgan fingerprint density at radius 2 is 1.17 bits per heavy atom. The first-order chi connectivity index (χ1) is 14.7. The van der Waals surface area contributed by atoms with E-state index in [-0.39, 0.29) is 11.6 Å². The van der Waals surface area contributed by atoms with Gasteiger partial charge in [0, 0.05) is 16.5 Å². The summed E-state index contributed by atoms with van der Waals surface area (Å²) in [4.78, 5) is 9.33. The van der Waals surface area contributed by atoms with Crippen LogP contribution < -0.4 is 0 Å². The number of benzene rings is 3. The van der Waals surface area contributed by atoms with Gasteiger partial charge in [-0.2, -0.15) is 0 Å². The highest BCUT2D eigenvalue weighted by molar-refractivity contribution is 5.82. The Kier molecular flexibility index (Phi) is 4.44. The number of fused-ring (bicyclic) bond motifs is 1. The number of hydrogen-bond donors (Lipinski definition) is 0. The highest BCUT2D eigenvalue weighted by Crippen LogP contribution is 2.30. The molecule has 0 amide bonds. The lowest BCUT2D eigenvalue weighted by Gasteiger charge is -2.10. The van der Waals surface area contributed by atoms with E-state index in [2.05, 4.69) is 15.2 Å². The highest BCUT2D eigenvalue weighted by Gasteiger charge is 2.16. The van der Waals surface area contributed by atoms with Crippen molar-refractivity contribution in [3.05, 3.63) is 96.6 Å². The molecule has 2 heterocycles. The van der Waals surface area contributed by atoms with Crippen LogP contribution >= 0.6 is 0 Å². The van der Waals surface area contributed by atoms with E-state index in [9.17, 15) is 8.78 Å². The van der Waals surface area contributed by atoms with E-state index in [1.807, 2.05) is 36.4 Å². The van der Waals surface area contributed by atoms with Gasteiger partial charge in [0.2, 0.25) is 5.82 Å². The minimum Gasteiger partial charge on any atom is -0.244 e. The van der Waals surface area contributed by atoms with Gasteiger partial charge >= 0.3 is 0 Å². The molecule has 0 saturated carbocycles. The van der Waals surface area contributed by atoms with Gasteiger partial charge in [0.05, 0.1) is 5.52 Å². The van der Waals surface area contributed by atoms with E-state index >= 15 is 0 Å². The lowest BCUT2D eigenvalue weighted by Crippen LogP contribution is -2.01. The van der Waals surface area contributed by atoms with Crippen molar-refractivity contribution in [2.45, 2.75) is 0 Å².